The maximum atomic E-state index is 11.4. The highest BCUT2D eigenvalue weighted by molar-refractivity contribution is 7.89. The second-order valence-corrected chi connectivity index (χ2v) is 5.89. The third kappa shape index (κ3) is 2.13. The molecule has 2 aromatic rings. The van der Waals surface area contributed by atoms with Gasteiger partial charge in [-0.1, -0.05) is 18.2 Å². The fraction of sp³-hybridized carbons (Fsp3) is 0.100. The quantitative estimate of drug-likeness (QED) is 0.887. The molecule has 0 radical (unpaired) electrons. The standard InChI is InChI=1S/C10H10N2O2S2/c1-7-12-9(6-15-7)8-4-2-3-5-10(8)16(11,13)14/h2-6H,1H3,(H2,11,13,14). The molecule has 0 aliphatic carbocycles. The monoisotopic (exact) mass is 254 g/mol. The lowest BCUT2D eigenvalue weighted by Crippen LogP contribution is -2.13. The second-order valence-electron chi connectivity index (χ2n) is 3.29. The number of thiazole rings is 1. The number of hydrogen-bond donors (Lipinski definition) is 1. The molecule has 84 valence electrons. The summed E-state index contributed by atoms with van der Waals surface area (Å²) in [4.78, 5) is 4.36. The molecule has 0 aliphatic rings. The van der Waals surface area contributed by atoms with Gasteiger partial charge in [0.05, 0.1) is 15.6 Å². The number of aryl methyl sites for hydroxylation is 1. The number of benzene rings is 1. The average molecular weight is 254 g/mol. The Morgan fingerprint density at radius 1 is 1.31 bits per heavy atom. The highest BCUT2D eigenvalue weighted by Gasteiger charge is 2.15. The van der Waals surface area contributed by atoms with Crippen LogP contribution in [-0.4, -0.2) is 13.4 Å². The van der Waals surface area contributed by atoms with E-state index in [4.69, 9.17) is 5.14 Å². The van der Waals surface area contributed by atoms with Crippen LogP contribution in [0.3, 0.4) is 0 Å². The number of nitrogens with zero attached hydrogens (tertiary/aromatic N) is 1. The van der Waals surface area contributed by atoms with E-state index in [9.17, 15) is 8.42 Å². The van der Waals surface area contributed by atoms with Crippen molar-refractivity contribution >= 4 is 21.4 Å². The molecule has 16 heavy (non-hydrogen) atoms. The number of hydrogen-bond acceptors (Lipinski definition) is 4. The Balaban J connectivity index is 2.66. The van der Waals surface area contributed by atoms with Crippen LogP contribution in [0.25, 0.3) is 11.3 Å². The van der Waals surface area contributed by atoms with E-state index in [0.29, 0.717) is 11.3 Å². The van der Waals surface area contributed by atoms with E-state index >= 15 is 0 Å². The van der Waals surface area contributed by atoms with Crippen molar-refractivity contribution in [3.8, 4) is 11.3 Å². The van der Waals surface area contributed by atoms with Crippen molar-refractivity contribution in [1.82, 2.24) is 4.98 Å². The summed E-state index contributed by atoms with van der Waals surface area (Å²) in [5.41, 5.74) is 1.20. The van der Waals surface area contributed by atoms with E-state index in [1.165, 1.54) is 17.4 Å². The molecule has 0 spiro atoms. The Hall–Kier alpha value is -1.24. The summed E-state index contributed by atoms with van der Waals surface area (Å²) in [5.74, 6) is 0. The smallest absolute Gasteiger partial charge is 0.238 e. The Morgan fingerprint density at radius 2 is 2.00 bits per heavy atom. The lowest BCUT2D eigenvalue weighted by molar-refractivity contribution is 0.598. The predicted molar refractivity (Wildman–Crippen MR) is 63.7 cm³/mol. The first-order valence-corrected chi connectivity index (χ1v) is 6.95. The molecule has 2 N–H and O–H groups in total. The molecule has 0 amide bonds. The van der Waals surface area contributed by atoms with Crippen molar-refractivity contribution in [1.29, 1.82) is 0 Å². The third-order valence-corrected chi connectivity index (χ3v) is 3.83. The maximum absolute atomic E-state index is 11.4. The zero-order valence-electron chi connectivity index (χ0n) is 8.54. The molecule has 1 aromatic heterocycles. The van der Waals surface area contributed by atoms with Gasteiger partial charge in [-0.25, -0.2) is 18.5 Å². The van der Waals surface area contributed by atoms with Crippen LogP contribution in [0, 0.1) is 6.92 Å². The summed E-state index contributed by atoms with van der Waals surface area (Å²) in [7, 11) is -3.71. The molecule has 0 fully saturated rings. The Labute approximate surface area is 97.8 Å². The van der Waals surface area contributed by atoms with Crippen molar-refractivity contribution in [3.05, 3.63) is 34.7 Å². The van der Waals surface area contributed by atoms with Gasteiger partial charge in [-0.05, 0) is 13.0 Å². The van der Waals surface area contributed by atoms with Crippen LogP contribution in [0.15, 0.2) is 34.5 Å². The van der Waals surface area contributed by atoms with Crippen molar-refractivity contribution in [2.24, 2.45) is 5.14 Å². The van der Waals surface area contributed by atoms with Crippen LogP contribution in [-0.2, 0) is 10.0 Å². The summed E-state index contributed by atoms with van der Waals surface area (Å²) >= 11 is 1.47. The van der Waals surface area contributed by atoms with Crippen molar-refractivity contribution in [3.63, 3.8) is 0 Å². The third-order valence-electron chi connectivity index (χ3n) is 2.09. The summed E-state index contributed by atoms with van der Waals surface area (Å²) in [6, 6.07) is 6.59. The summed E-state index contributed by atoms with van der Waals surface area (Å²) in [6.45, 7) is 1.87. The molecular formula is C10H10N2O2S2. The fourth-order valence-electron chi connectivity index (χ4n) is 1.41. The molecule has 2 rings (SSSR count). The largest absolute Gasteiger partial charge is 0.242 e. The SMILES string of the molecule is Cc1nc(-c2ccccc2S(N)(=O)=O)cs1. The molecule has 0 bridgehead atoms. The summed E-state index contributed by atoms with van der Waals surface area (Å²) in [6.07, 6.45) is 0. The van der Waals surface area contributed by atoms with Gasteiger partial charge in [0.25, 0.3) is 0 Å². The van der Waals surface area contributed by atoms with E-state index in [-0.39, 0.29) is 4.90 Å². The van der Waals surface area contributed by atoms with Gasteiger partial charge in [0, 0.05) is 10.9 Å². The van der Waals surface area contributed by atoms with E-state index in [0.717, 1.165) is 5.01 Å². The molecule has 0 saturated carbocycles. The van der Waals surface area contributed by atoms with E-state index in [1.807, 2.05) is 12.3 Å². The number of aromatic nitrogens is 1. The first-order chi connectivity index (χ1) is 7.48. The minimum atomic E-state index is -3.71. The van der Waals surface area contributed by atoms with E-state index in [2.05, 4.69) is 4.98 Å². The minimum absolute atomic E-state index is 0.111. The normalized spacial score (nSPS) is 11.6. The van der Waals surface area contributed by atoms with Crippen LogP contribution in [0.2, 0.25) is 0 Å². The highest BCUT2D eigenvalue weighted by Crippen LogP contribution is 2.27. The van der Waals surface area contributed by atoms with Gasteiger partial charge in [0.2, 0.25) is 10.0 Å². The molecular weight excluding hydrogens is 244 g/mol. The predicted octanol–water partition coefficient (Wildman–Crippen LogP) is 1.77. The van der Waals surface area contributed by atoms with Crippen LogP contribution in [0.1, 0.15) is 5.01 Å². The van der Waals surface area contributed by atoms with Gasteiger partial charge in [-0.2, -0.15) is 0 Å². The zero-order valence-corrected chi connectivity index (χ0v) is 10.2. The molecule has 4 nitrogen and oxygen atoms in total. The van der Waals surface area contributed by atoms with Crippen LogP contribution in [0.4, 0.5) is 0 Å². The first kappa shape index (κ1) is 11.3. The van der Waals surface area contributed by atoms with Crippen molar-refractivity contribution in [2.75, 3.05) is 0 Å². The van der Waals surface area contributed by atoms with Crippen molar-refractivity contribution in [2.45, 2.75) is 11.8 Å². The summed E-state index contributed by atoms with van der Waals surface area (Å²) < 4.78 is 22.8. The van der Waals surface area contributed by atoms with Crippen LogP contribution >= 0.6 is 11.3 Å². The lowest BCUT2D eigenvalue weighted by Gasteiger charge is -2.04. The number of rotatable bonds is 2. The average Bonchev–Trinajstić information content (AvgIpc) is 2.64. The molecule has 0 aliphatic heterocycles. The topological polar surface area (TPSA) is 73.0 Å². The van der Waals surface area contributed by atoms with Gasteiger partial charge in [0.1, 0.15) is 0 Å². The van der Waals surface area contributed by atoms with E-state index in [1.54, 1.807) is 18.2 Å². The molecule has 0 atom stereocenters. The first-order valence-electron chi connectivity index (χ1n) is 4.53. The molecule has 6 heteroatoms. The summed E-state index contributed by atoms with van der Waals surface area (Å²) in [5, 5.41) is 7.86. The van der Waals surface area contributed by atoms with Crippen LogP contribution in [0.5, 0.6) is 0 Å². The van der Waals surface area contributed by atoms with Gasteiger partial charge in [0.15, 0.2) is 0 Å². The molecule has 0 saturated heterocycles. The van der Waals surface area contributed by atoms with Crippen molar-refractivity contribution < 1.29 is 8.42 Å². The van der Waals surface area contributed by atoms with Gasteiger partial charge in [-0.15, -0.1) is 11.3 Å². The van der Waals surface area contributed by atoms with Gasteiger partial charge < -0.3 is 0 Å². The van der Waals surface area contributed by atoms with Gasteiger partial charge in [-0.3, -0.25) is 0 Å². The Kier molecular flexibility index (Phi) is 2.79. The Morgan fingerprint density at radius 3 is 2.56 bits per heavy atom. The molecule has 1 aromatic carbocycles. The maximum Gasteiger partial charge on any atom is 0.238 e. The lowest BCUT2D eigenvalue weighted by atomic mass is 10.2. The minimum Gasteiger partial charge on any atom is -0.242 e. The second kappa shape index (κ2) is 3.97. The van der Waals surface area contributed by atoms with E-state index < -0.39 is 10.0 Å². The van der Waals surface area contributed by atoms with Gasteiger partial charge >= 0.3 is 0 Å². The number of sulfonamides is 1. The highest BCUT2D eigenvalue weighted by atomic mass is 32.2. The fourth-order valence-corrected chi connectivity index (χ4v) is 2.77. The molecule has 1 heterocycles. The Bertz CT molecular complexity index is 617. The van der Waals surface area contributed by atoms with Crippen LogP contribution < -0.4 is 5.14 Å². The zero-order chi connectivity index (χ0) is 11.8. The molecule has 0 unspecified atom stereocenters. The number of primary sulfonamides is 1. The number of nitrogens with two attached hydrogens (primary N) is 1.